The highest BCUT2D eigenvalue weighted by Gasteiger charge is 2.57. The minimum Gasteiger partial charge on any atom is -0.413 e. The molecule has 4 atom stereocenters. The number of rotatable bonds is 3. The molecular weight excluding hydrogens is 356 g/mol. The molecule has 1 heterocycles. The second kappa shape index (κ2) is 5.97. The maximum absolute atomic E-state index is 13.3. The van der Waals surface area contributed by atoms with Crippen molar-refractivity contribution >= 4 is 19.9 Å². The van der Waals surface area contributed by atoms with E-state index in [9.17, 15) is 9.59 Å². The molecule has 0 N–H and O–H groups in total. The van der Waals surface area contributed by atoms with E-state index in [0.29, 0.717) is 28.7 Å². The van der Waals surface area contributed by atoms with Crippen molar-refractivity contribution in [2.75, 3.05) is 0 Å². The number of carbonyl (C=O) groups excluding carboxylic acids is 2. The largest absolute Gasteiger partial charge is 0.413 e. The van der Waals surface area contributed by atoms with Crippen molar-refractivity contribution in [1.82, 2.24) is 0 Å². The summed E-state index contributed by atoms with van der Waals surface area (Å²) >= 11 is 0. The molecule has 0 saturated carbocycles. The zero-order valence-electron chi connectivity index (χ0n) is 17.0. The highest BCUT2D eigenvalue weighted by molar-refractivity contribution is 6.74. The lowest BCUT2D eigenvalue weighted by Gasteiger charge is -2.41. The van der Waals surface area contributed by atoms with Crippen LogP contribution in [0.2, 0.25) is 18.1 Å². The molecule has 0 spiro atoms. The van der Waals surface area contributed by atoms with Gasteiger partial charge < -0.3 is 9.16 Å². The number of ether oxygens (including phenoxy) is 1. The first kappa shape index (κ1) is 18.8. The van der Waals surface area contributed by atoms with E-state index in [-0.39, 0.29) is 40.8 Å². The van der Waals surface area contributed by atoms with Gasteiger partial charge in [0.25, 0.3) is 0 Å². The first-order valence-corrected chi connectivity index (χ1v) is 12.7. The van der Waals surface area contributed by atoms with Gasteiger partial charge >= 0.3 is 0 Å². The van der Waals surface area contributed by atoms with Crippen LogP contribution in [-0.4, -0.2) is 38.2 Å². The normalized spacial score (nSPS) is 28.4. The fraction of sp³-hybridized carbons (Fsp3) is 0.545. The summed E-state index contributed by atoms with van der Waals surface area (Å²) in [7, 11) is -2.00. The van der Waals surface area contributed by atoms with Gasteiger partial charge in [0.15, 0.2) is 19.9 Å². The van der Waals surface area contributed by atoms with E-state index in [2.05, 4.69) is 33.9 Å². The van der Waals surface area contributed by atoms with Crippen molar-refractivity contribution in [3.8, 4) is 0 Å². The van der Waals surface area contributed by atoms with Gasteiger partial charge in [-0.1, -0.05) is 45.0 Å². The van der Waals surface area contributed by atoms with E-state index in [1.165, 1.54) is 0 Å². The predicted octanol–water partition coefficient (Wildman–Crippen LogP) is 4.56. The number of hydrogen-bond donors (Lipinski definition) is 0. The Balaban J connectivity index is 1.73. The van der Waals surface area contributed by atoms with Crippen molar-refractivity contribution in [3.63, 3.8) is 0 Å². The maximum Gasteiger partial charge on any atom is 0.192 e. The van der Waals surface area contributed by atoms with Crippen LogP contribution in [-0.2, 0) is 9.16 Å². The lowest BCUT2D eigenvalue weighted by Crippen LogP contribution is -2.47. The number of carbonyl (C=O) groups is 2. The Hall–Kier alpha value is -1.56. The molecule has 1 aromatic rings. The quantitative estimate of drug-likeness (QED) is 0.566. The van der Waals surface area contributed by atoms with Crippen molar-refractivity contribution in [2.24, 2.45) is 5.92 Å². The zero-order chi connectivity index (χ0) is 19.7. The molecule has 1 aliphatic heterocycles. The van der Waals surface area contributed by atoms with Gasteiger partial charge in [-0.25, -0.2) is 0 Å². The fourth-order valence-corrected chi connectivity index (χ4v) is 5.65. The van der Waals surface area contributed by atoms with Crippen molar-refractivity contribution in [2.45, 2.75) is 70.6 Å². The minimum atomic E-state index is -2.00. The van der Waals surface area contributed by atoms with Crippen LogP contribution in [0.15, 0.2) is 35.4 Å². The molecule has 27 heavy (non-hydrogen) atoms. The van der Waals surface area contributed by atoms with E-state index >= 15 is 0 Å². The molecule has 0 bridgehead atoms. The highest BCUT2D eigenvalue weighted by Crippen LogP contribution is 2.50. The van der Waals surface area contributed by atoms with Crippen molar-refractivity contribution < 1.29 is 18.8 Å². The molecule has 5 heteroatoms. The highest BCUT2D eigenvalue weighted by atomic mass is 28.4. The third-order valence-corrected chi connectivity index (χ3v) is 11.3. The van der Waals surface area contributed by atoms with Gasteiger partial charge in [0, 0.05) is 34.6 Å². The van der Waals surface area contributed by atoms with Crippen LogP contribution in [0.4, 0.5) is 0 Å². The molecule has 1 fully saturated rings. The van der Waals surface area contributed by atoms with Crippen LogP contribution in [0.5, 0.6) is 0 Å². The summed E-state index contributed by atoms with van der Waals surface area (Å²) in [6, 6.07) is 7.15. The first-order chi connectivity index (χ1) is 12.5. The Morgan fingerprint density at radius 1 is 1.11 bits per heavy atom. The molecule has 0 radical (unpaired) electrons. The molecule has 0 aromatic heterocycles. The molecule has 0 unspecified atom stereocenters. The number of benzene rings is 1. The minimum absolute atomic E-state index is 0.00877. The summed E-state index contributed by atoms with van der Waals surface area (Å²) in [6.45, 7) is 13.1. The molecule has 1 saturated heterocycles. The predicted molar refractivity (Wildman–Crippen MR) is 107 cm³/mol. The molecule has 144 valence electrons. The number of ketones is 2. The summed E-state index contributed by atoms with van der Waals surface area (Å²) in [4.78, 5) is 26.4. The lowest BCUT2D eigenvalue weighted by atomic mass is 9.71. The van der Waals surface area contributed by atoms with Gasteiger partial charge in [0.2, 0.25) is 0 Å². The molecule has 4 rings (SSSR count). The first-order valence-electron chi connectivity index (χ1n) is 9.77. The van der Waals surface area contributed by atoms with Crippen LogP contribution in [0.1, 0.15) is 54.8 Å². The summed E-state index contributed by atoms with van der Waals surface area (Å²) < 4.78 is 12.5. The van der Waals surface area contributed by atoms with Gasteiger partial charge in [-0.3, -0.25) is 9.59 Å². The summed E-state index contributed by atoms with van der Waals surface area (Å²) in [5.74, 6) is -0.207. The van der Waals surface area contributed by atoms with Gasteiger partial charge in [0.05, 0.1) is 18.3 Å². The number of Topliss-reactive ketones (excluding diaryl/α,β-unsaturated/α-hetero) is 2. The van der Waals surface area contributed by atoms with Gasteiger partial charge in [-0.15, -0.1) is 0 Å². The number of fused-ring (bicyclic) bond motifs is 2. The number of hydrogen-bond acceptors (Lipinski definition) is 4. The smallest absolute Gasteiger partial charge is 0.192 e. The van der Waals surface area contributed by atoms with Crippen molar-refractivity contribution in [1.29, 1.82) is 0 Å². The third kappa shape index (κ3) is 2.87. The standard InChI is InChI=1S/C22H28O4Si/c1-12(26-27(5,6)22(2,3)4)17-18-15(11-16-21(17)25-16)19(23)13-9-7-8-10-14(13)20(18)24/h7-10,12,16-17,21H,11H2,1-6H3/t12-,16+,17-,21+/m1/s1. The molecule has 2 aliphatic carbocycles. The monoisotopic (exact) mass is 384 g/mol. The summed E-state index contributed by atoms with van der Waals surface area (Å²) in [5, 5.41) is 0.0793. The van der Waals surface area contributed by atoms with E-state index in [4.69, 9.17) is 9.16 Å². The van der Waals surface area contributed by atoms with Crippen LogP contribution in [0.25, 0.3) is 0 Å². The Morgan fingerprint density at radius 3 is 2.30 bits per heavy atom. The van der Waals surface area contributed by atoms with Gasteiger partial charge in [-0.05, 0) is 25.1 Å². The second-order valence-electron chi connectivity index (χ2n) is 9.55. The maximum atomic E-state index is 13.3. The van der Waals surface area contributed by atoms with Crippen LogP contribution < -0.4 is 0 Å². The van der Waals surface area contributed by atoms with E-state index in [1.807, 2.05) is 19.1 Å². The second-order valence-corrected chi connectivity index (χ2v) is 14.3. The Kier molecular flexibility index (Phi) is 4.15. The van der Waals surface area contributed by atoms with Crippen LogP contribution in [0, 0.1) is 5.92 Å². The zero-order valence-corrected chi connectivity index (χ0v) is 18.0. The van der Waals surface area contributed by atoms with Crippen LogP contribution in [0.3, 0.4) is 0 Å². The topological polar surface area (TPSA) is 55.9 Å². The van der Waals surface area contributed by atoms with E-state index in [1.54, 1.807) is 12.1 Å². The molecule has 0 amide bonds. The summed E-state index contributed by atoms with van der Waals surface area (Å²) in [5.41, 5.74) is 2.33. The van der Waals surface area contributed by atoms with Gasteiger partial charge in [-0.2, -0.15) is 0 Å². The third-order valence-electron chi connectivity index (χ3n) is 6.77. The number of epoxide rings is 1. The molecule has 4 nitrogen and oxygen atoms in total. The summed E-state index contributed by atoms with van der Waals surface area (Å²) in [6.07, 6.45) is 0.419. The Bertz CT molecular complexity index is 861. The van der Waals surface area contributed by atoms with Crippen LogP contribution >= 0.6 is 0 Å². The lowest BCUT2D eigenvalue weighted by molar-refractivity contribution is 0.0903. The fourth-order valence-electron chi connectivity index (χ4n) is 4.22. The van der Waals surface area contributed by atoms with Crippen molar-refractivity contribution in [3.05, 3.63) is 46.5 Å². The van der Waals surface area contributed by atoms with E-state index < -0.39 is 8.32 Å². The molecule has 1 aromatic carbocycles. The Morgan fingerprint density at radius 2 is 1.70 bits per heavy atom. The SMILES string of the molecule is C[C@@H](O[Si](C)(C)C(C)(C)C)[C@@H]1C2=C(C[C@@H]3O[C@H]13)C(=O)c1ccccc1C2=O. The van der Waals surface area contributed by atoms with Gasteiger partial charge in [0.1, 0.15) is 0 Å². The average Bonchev–Trinajstić information content (AvgIpc) is 3.35. The average molecular weight is 385 g/mol. The van der Waals surface area contributed by atoms with E-state index in [0.717, 1.165) is 0 Å². The molecular formula is C22H28O4Si. The Labute approximate surface area is 162 Å². The molecule has 3 aliphatic rings.